The van der Waals surface area contributed by atoms with E-state index in [0.717, 1.165) is 11.8 Å². The highest BCUT2D eigenvalue weighted by atomic mass is 19.1. The number of carbonyl (C=O) groups excluding carboxylic acids is 1. The Labute approximate surface area is 131 Å². The van der Waals surface area contributed by atoms with Crippen molar-refractivity contribution in [2.24, 2.45) is 0 Å². The molecular formula is C15H16FN3O4. The average molecular weight is 321 g/mol. The number of ether oxygens (including phenoxy) is 1. The van der Waals surface area contributed by atoms with Crippen LogP contribution in [0.15, 0.2) is 35.0 Å². The highest BCUT2D eigenvalue weighted by Crippen LogP contribution is 2.13. The van der Waals surface area contributed by atoms with Gasteiger partial charge in [-0.3, -0.25) is 4.79 Å². The minimum Gasteiger partial charge on any atom is -0.539 e. The molecule has 1 amide bonds. The first-order valence-electron chi connectivity index (χ1n) is 7.27. The summed E-state index contributed by atoms with van der Waals surface area (Å²) in [4.78, 5) is 13.9. The molecule has 122 valence electrons. The molecule has 1 aromatic carbocycles. The summed E-state index contributed by atoms with van der Waals surface area (Å²) in [7, 11) is 0. The molecule has 1 aromatic heterocycles. The second-order valence-corrected chi connectivity index (χ2v) is 5.38. The number of rotatable bonds is 4. The normalized spacial score (nSPS) is 18.1. The molecule has 1 fully saturated rings. The Balaban J connectivity index is 1.57. The summed E-state index contributed by atoms with van der Waals surface area (Å²) in [5, 5.41) is 14.4. The quantitative estimate of drug-likeness (QED) is 0.719. The lowest BCUT2D eigenvalue weighted by atomic mass is 10.1. The Morgan fingerprint density at radius 3 is 2.91 bits per heavy atom. The SMILES string of the molecule is O=C(C[n+]1cc([O-])on1)N1CCOC(Cc2ccc(F)cc2)C1. The Morgan fingerprint density at radius 2 is 2.22 bits per heavy atom. The third-order valence-electron chi connectivity index (χ3n) is 3.66. The Kier molecular flexibility index (Phi) is 4.52. The molecule has 0 bridgehead atoms. The van der Waals surface area contributed by atoms with Crippen LogP contribution in [0.4, 0.5) is 4.39 Å². The van der Waals surface area contributed by atoms with Crippen LogP contribution in [0.25, 0.3) is 0 Å². The molecule has 23 heavy (non-hydrogen) atoms. The van der Waals surface area contributed by atoms with Crippen molar-refractivity contribution in [3.63, 3.8) is 0 Å². The lowest BCUT2D eigenvalue weighted by molar-refractivity contribution is -0.751. The van der Waals surface area contributed by atoms with Crippen molar-refractivity contribution in [1.82, 2.24) is 10.2 Å². The Hall–Kier alpha value is -2.48. The van der Waals surface area contributed by atoms with Gasteiger partial charge in [0.25, 0.3) is 12.5 Å². The van der Waals surface area contributed by atoms with E-state index in [1.807, 2.05) is 0 Å². The van der Waals surface area contributed by atoms with Crippen LogP contribution < -0.4 is 9.79 Å². The van der Waals surface area contributed by atoms with Crippen LogP contribution in [-0.2, 0) is 22.5 Å². The number of amides is 1. The predicted octanol–water partition coefficient (Wildman–Crippen LogP) is -0.355. The molecule has 2 heterocycles. The maximum atomic E-state index is 12.9. The third kappa shape index (κ3) is 4.04. The van der Waals surface area contributed by atoms with Crippen molar-refractivity contribution in [2.75, 3.05) is 19.7 Å². The van der Waals surface area contributed by atoms with E-state index in [1.54, 1.807) is 17.0 Å². The molecule has 1 unspecified atom stereocenters. The van der Waals surface area contributed by atoms with Crippen molar-refractivity contribution in [3.05, 3.63) is 41.8 Å². The second-order valence-electron chi connectivity index (χ2n) is 5.38. The number of hydrogen-bond donors (Lipinski definition) is 0. The molecule has 0 saturated carbocycles. The summed E-state index contributed by atoms with van der Waals surface area (Å²) in [6, 6.07) is 6.23. The standard InChI is InChI=1S/C15H16FN3O4/c16-12-3-1-11(2-4-12)7-13-8-18(5-6-22-13)14(20)9-19-10-15(21)23-17-19/h1-4,10,13H,5-9H2. The van der Waals surface area contributed by atoms with E-state index < -0.39 is 5.95 Å². The molecular weight excluding hydrogens is 305 g/mol. The van der Waals surface area contributed by atoms with Gasteiger partial charge in [-0.25, -0.2) is 4.39 Å². The summed E-state index contributed by atoms with van der Waals surface area (Å²) in [5.74, 6) is -1.03. The molecule has 0 aliphatic carbocycles. The van der Waals surface area contributed by atoms with E-state index in [0.29, 0.717) is 26.1 Å². The molecule has 2 aromatic rings. The predicted molar refractivity (Wildman–Crippen MR) is 72.6 cm³/mol. The molecule has 0 spiro atoms. The van der Waals surface area contributed by atoms with Gasteiger partial charge in [-0.15, -0.1) is 0 Å². The van der Waals surface area contributed by atoms with E-state index in [-0.39, 0.29) is 24.4 Å². The lowest BCUT2D eigenvalue weighted by Gasteiger charge is -2.32. The zero-order valence-electron chi connectivity index (χ0n) is 12.4. The van der Waals surface area contributed by atoms with Crippen LogP contribution >= 0.6 is 0 Å². The third-order valence-corrected chi connectivity index (χ3v) is 3.66. The van der Waals surface area contributed by atoms with E-state index in [4.69, 9.17) is 4.74 Å². The molecule has 0 N–H and O–H groups in total. The summed E-state index contributed by atoms with van der Waals surface area (Å²) in [6.45, 7) is 1.32. The van der Waals surface area contributed by atoms with Gasteiger partial charge in [0.05, 0.1) is 18.0 Å². The fourth-order valence-electron chi connectivity index (χ4n) is 2.53. The zero-order valence-corrected chi connectivity index (χ0v) is 12.4. The number of benzene rings is 1. The van der Waals surface area contributed by atoms with E-state index in [9.17, 15) is 14.3 Å². The van der Waals surface area contributed by atoms with Gasteiger partial charge in [-0.05, 0) is 17.7 Å². The van der Waals surface area contributed by atoms with Crippen LogP contribution in [0.1, 0.15) is 5.56 Å². The van der Waals surface area contributed by atoms with Crippen LogP contribution in [-0.4, -0.2) is 41.9 Å². The van der Waals surface area contributed by atoms with Crippen LogP contribution in [0, 0.1) is 5.82 Å². The van der Waals surface area contributed by atoms with Gasteiger partial charge in [-0.1, -0.05) is 16.8 Å². The van der Waals surface area contributed by atoms with E-state index in [1.165, 1.54) is 16.8 Å². The first-order valence-corrected chi connectivity index (χ1v) is 7.27. The van der Waals surface area contributed by atoms with Crippen molar-refractivity contribution >= 4 is 5.91 Å². The molecule has 0 radical (unpaired) electrons. The fourth-order valence-corrected chi connectivity index (χ4v) is 2.53. The summed E-state index contributed by atoms with van der Waals surface area (Å²) in [6.07, 6.45) is 1.59. The van der Waals surface area contributed by atoms with Crippen LogP contribution in [0.3, 0.4) is 0 Å². The molecule has 1 atom stereocenters. The molecule has 7 nitrogen and oxygen atoms in total. The fraction of sp³-hybridized carbons (Fsp3) is 0.400. The minimum absolute atomic E-state index is 0.0466. The molecule has 1 aliphatic rings. The highest BCUT2D eigenvalue weighted by molar-refractivity contribution is 5.74. The number of halogens is 1. The Morgan fingerprint density at radius 1 is 1.43 bits per heavy atom. The second kappa shape index (κ2) is 6.74. The summed E-state index contributed by atoms with van der Waals surface area (Å²) in [5.41, 5.74) is 0.951. The molecule has 8 heteroatoms. The molecule has 1 aliphatic heterocycles. The number of aromatic nitrogens is 2. The number of hydrogen-bond acceptors (Lipinski definition) is 5. The monoisotopic (exact) mass is 321 g/mol. The lowest BCUT2D eigenvalue weighted by Crippen LogP contribution is -2.51. The van der Waals surface area contributed by atoms with Crippen LogP contribution in [0.5, 0.6) is 5.95 Å². The maximum Gasteiger partial charge on any atom is 0.291 e. The van der Waals surface area contributed by atoms with Crippen molar-refractivity contribution in [2.45, 2.75) is 19.1 Å². The average Bonchev–Trinajstić information content (AvgIpc) is 2.95. The van der Waals surface area contributed by atoms with Gasteiger partial charge in [-0.2, -0.15) is 0 Å². The van der Waals surface area contributed by atoms with Crippen molar-refractivity contribution in [1.29, 1.82) is 0 Å². The van der Waals surface area contributed by atoms with E-state index in [2.05, 4.69) is 9.79 Å². The number of nitrogens with zero attached hydrogens (tertiary/aromatic N) is 3. The minimum atomic E-state index is -0.589. The first-order chi connectivity index (χ1) is 11.1. The number of carbonyl (C=O) groups is 1. The van der Waals surface area contributed by atoms with Crippen molar-refractivity contribution < 1.29 is 28.2 Å². The van der Waals surface area contributed by atoms with Gasteiger partial charge < -0.3 is 19.3 Å². The van der Waals surface area contributed by atoms with Gasteiger partial charge in [0, 0.05) is 19.5 Å². The first kappa shape index (κ1) is 15.4. The van der Waals surface area contributed by atoms with Crippen LogP contribution in [0.2, 0.25) is 0 Å². The molecule has 3 rings (SSSR count). The smallest absolute Gasteiger partial charge is 0.291 e. The summed E-state index contributed by atoms with van der Waals surface area (Å²) >= 11 is 0. The van der Waals surface area contributed by atoms with Gasteiger partial charge in [0.2, 0.25) is 6.20 Å². The molecule has 1 saturated heterocycles. The summed E-state index contributed by atoms with van der Waals surface area (Å²) < 4.78 is 24.2. The van der Waals surface area contributed by atoms with Gasteiger partial charge in [0.15, 0.2) is 0 Å². The number of morpholine rings is 1. The largest absolute Gasteiger partial charge is 0.539 e. The topological polar surface area (TPSA) is 82.5 Å². The highest BCUT2D eigenvalue weighted by Gasteiger charge is 2.27. The zero-order chi connectivity index (χ0) is 16.2. The van der Waals surface area contributed by atoms with Gasteiger partial charge in [0.1, 0.15) is 11.8 Å². The Bertz CT molecular complexity index is 674. The maximum absolute atomic E-state index is 12.9. The van der Waals surface area contributed by atoms with Gasteiger partial charge >= 0.3 is 0 Å². The van der Waals surface area contributed by atoms with E-state index >= 15 is 0 Å². The van der Waals surface area contributed by atoms with Crippen molar-refractivity contribution in [3.8, 4) is 5.95 Å².